The zero-order valence-electron chi connectivity index (χ0n) is 11.2. The molecule has 106 valence electrons. The lowest BCUT2D eigenvalue weighted by molar-refractivity contribution is 0.383. The molecular formula is C14H15Cl2N3O. The molecule has 0 aliphatic carbocycles. The van der Waals surface area contributed by atoms with Gasteiger partial charge in [0, 0.05) is 12.4 Å². The number of halogens is 2. The van der Waals surface area contributed by atoms with Crippen LogP contribution in [0.3, 0.4) is 0 Å². The molecule has 1 aromatic heterocycles. The second-order valence-corrected chi connectivity index (χ2v) is 4.87. The summed E-state index contributed by atoms with van der Waals surface area (Å²) in [7, 11) is 1.57. The van der Waals surface area contributed by atoms with E-state index in [1.165, 1.54) is 0 Å². The van der Waals surface area contributed by atoms with Crippen LogP contribution >= 0.6 is 23.2 Å². The Morgan fingerprint density at radius 3 is 2.70 bits per heavy atom. The van der Waals surface area contributed by atoms with Crippen molar-refractivity contribution < 1.29 is 4.74 Å². The van der Waals surface area contributed by atoms with E-state index in [0.29, 0.717) is 21.6 Å². The van der Waals surface area contributed by atoms with Gasteiger partial charge >= 0.3 is 0 Å². The summed E-state index contributed by atoms with van der Waals surface area (Å²) in [5.41, 5.74) is 1.53. The van der Waals surface area contributed by atoms with Crippen molar-refractivity contribution in [1.82, 2.24) is 15.3 Å². The second kappa shape index (κ2) is 6.88. The van der Waals surface area contributed by atoms with Crippen molar-refractivity contribution >= 4 is 23.2 Å². The first kappa shape index (κ1) is 15.0. The predicted octanol–water partition coefficient (Wildman–Crippen LogP) is 3.49. The largest absolute Gasteiger partial charge is 0.480 e. The Morgan fingerprint density at radius 1 is 1.25 bits per heavy atom. The zero-order chi connectivity index (χ0) is 14.5. The average Bonchev–Trinajstić information content (AvgIpc) is 2.48. The maximum atomic E-state index is 6.31. The highest BCUT2D eigenvalue weighted by Crippen LogP contribution is 2.34. The van der Waals surface area contributed by atoms with E-state index in [9.17, 15) is 0 Å². The molecule has 0 amide bonds. The molecule has 0 aliphatic rings. The van der Waals surface area contributed by atoms with E-state index in [2.05, 4.69) is 15.3 Å². The van der Waals surface area contributed by atoms with Gasteiger partial charge < -0.3 is 10.1 Å². The molecule has 1 N–H and O–H groups in total. The molecule has 0 aliphatic heterocycles. The summed E-state index contributed by atoms with van der Waals surface area (Å²) in [6, 6.07) is 5.30. The van der Waals surface area contributed by atoms with Crippen molar-refractivity contribution in [2.75, 3.05) is 13.7 Å². The molecule has 2 rings (SSSR count). The number of ether oxygens (including phenoxy) is 1. The monoisotopic (exact) mass is 311 g/mol. The highest BCUT2D eigenvalue weighted by Gasteiger charge is 2.22. The van der Waals surface area contributed by atoms with Crippen molar-refractivity contribution in [3.63, 3.8) is 0 Å². The fourth-order valence-electron chi connectivity index (χ4n) is 1.99. The van der Waals surface area contributed by atoms with Crippen LogP contribution in [0.2, 0.25) is 10.0 Å². The molecule has 1 heterocycles. The van der Waals surface area contributed by atoms with Gasteiger partial charge in [0.2, 0.25) is 5.88 Å². The van der Waals surface area contributed by atoms with E-state index in [1.807, 2.05) is 19.1 Å². The van der Waals surface area contributed by atoms with Gasteiger partial charge in [-0.2, -0.15) is 0 Å². The van der Waals surface area contributed by atoms with Gasteiger partial charge in [0.15, 0.2) is 0 Å². The van der Waals surface area contributed by atoms with E-state index in [4.69, 9.17) is 27.9 Å². The van der Waals surface area contributed by atoms with Gasteiger partial charge in [0.25, 0.3) is 0 Å². The van der Waals surface area contributed by atoms with Crippen LogP contribution in [-0.4, -0.2) is 23.6 Å². The standard InChI is InChI=1S/C14H15Cl2N3O/c1-3-17-12(9-5-4-6-10(15)11(9)16)13-14(20-2)19-8-7-18-13/h4-8,12,17H,3H2,1-2H3. The predicted molar refractivity (Wildman–Crippen MR) is 80.6 cm³/mol. The number of rotatable bonds is 5. The topological polar surface area (TPSA) is 47.0 Å². The van der Waals surface area contributed by atoms with Crippen molar-refractivity contribution in [3.8, 4) is 5.88 Å². The SMILES string of the molecule is CCNC(c1cccc(Cl)c1Cl)c1nccnc1OC. The Balaban J connectivity index is 2.53. The molecule has 0 saturated carbocycles. The summed E-state index contributed by atoms with van der Waals surface area (Å²) in [6.45, 7) is 2.75. The molecule has 20 heavy (non-hydrogen) atoms. The van der Waals surface area contributed by atoms with Crippen LogP contribution in [0.4, 0.5) is 0 Å². The highest BCUT2D eigenvalue weighted by atomic mass is 35.5. The Bertz CT molecular complexity index is 592. The lowest BCUT2D eigenvalue weighted by Crippen LogP contribution is -2.24. The molecule has 1 unspecified atom stereocenters. The number of nitrogens with zero attached hydrogens (tertiary/aromatic N) is 2. The molecule has 0 fully saturated rings. The molecule has 2 aromatic rings. The zero-order valence-corrected chi connectivity index (χ0v) is 12.7. The van der Waals surface area contributed by atoms with Crippen LogP contribution in [0, 0.1) is 0 Å². The van der Waals surface area contributed by atoms with Crippen LogP contribution in [0.1, 0.15) is 24.2 Å². The van der Waals surface area contributed by atoms with Gasteiger partial charge in [0.05, 0.1) is 23.2 Å². The van der Waals surface area contributed by atoms with Gasteiger partial charge in [-0.1, -0.05) is 42.3 Å². The van der Waals surface area contributed by atoms with Gasteiger partial charge in [-0.05, 0) is 18.2 Å². The summed E-state index contributed by atoms with van der Waals surface area (Å²) in [6.07, 6.45) is 3.21. The first-order valence-corrected chi connectivity index (χ1v) is 6.96. The number of hydrogen-bond donors (Lipinski definition) is 1. The maximum Gasteiger partial charge on any atom is 0.237 e. The third kappa shape index (κ3) is 3.03. The van der Waals surface area contributed by atoms with Crippen molar-refractivity contribution in [1.29, 1.82) is 0 Å². The maximum absolute atomic E-state index is 6.31. The van der Waals surface area contributed by atoms with Crippen molar-refractivity contribution in [2.24, 2.45) is 0 Å². The quantitative estimate of drug-likeness (QED) is 0.918. The molecule has 1 aromatic carbocycles. The fraction of sp³-hybridized carbons (Fsp3) is 0.286. The average molecular weight is 312 g/mol. The van der Waals surface area contributed by atoms with Gasteiger partial charge in [-0.15, -0.1) is 0 Å². The molecule has 0 radical (unpaired) electrons. The van der Waals surface area contributed by atoms with Crippen LogP contribution in [0.5, 0.6) is 5.88 Å². The van der Waals surface area contributed by atoms with Crippen LogP contribution in [-0.2, 0) is 0 Å². The molecule has 0 spiro atoms. The molecule has 6 heteroatoms. The fourth-order valence-corrected chi connectivity index (χ4v) is 2.41. The van der Waals surface area contributed by atoms with Crippen molar-refractivity contribution in [2.45, 2.75) is 13.0 Å². The summed E-state index contributed by atoms with van der Waals surface area (Å²) >= 11 is 12.4. The minimum absolute atomic E-state index is 0.227. The Hall–Kier alpha value is -1.36. The van der Waals surface area contributed by atoms with Gasteiger partial charge in [-0.25, -0.2) is 4.98 Å². The molecule has 0 bridgehead atoms. The van der Waals surface area contributed by atoms with Gasteiger partial charge in [0.1, 0.15) is 5.69 Å². The number of methoxy groups -OCH3 is 1. The van der Waals surface area contributed by atoms with Crippen molar-refractivity contribution in [3.05, 3.63) is 51.9 Å². The van der Waals surface area contributed by atoms with E-state index in [-0.39, 0.29) is 6.04 Å². The number of benzene rings is 1. The first-order valence-electron chi connectivity index (χ1n) is 6.21. The smallest absolute Gasteiger partial charge is 0.237 e. The normalized spacial score (nSPS) is 12.2. The first-order chi connectivity index (χ1) is 9.69. The van der Waals surface area contributed by atoms with E-state index in [0.717, 1.165) is 12.1 Å². The minimum atomic E-state index is -0.227. The Labute approximate surface area is 128 Å². The van der Waals surface area contributed by atoms with E-state index >= 15 is 0 Å². The summed E-state index contributed by atoms with van der Waals surface area (Å²) < 4.78 is 5.27. The molecular weight excluding hydrogens is 297 g/mol. The molecule has 4 nitrogen and oxygen atoms in total. The van der Waals surface area contributed by atoms with Gasteiger partial charge in [-0.3, -0.25) is 4.98 Å². The Kier molecular flexibility index (Phi) is 5.17. The minimum Gasteiger partial charge on any atom is -0.480 e. The van der Waals surface area contributed by atoms with E-state index in [1.54, 1.807) is 25.6 Å². The third-order valence-electron chi connectivity index (χ3n) is 2.86. The number of hydrogen-bond acceptors (Lipinski definition) is 4. The lowest BCUT2D eigenvalue weighted by Gasteiger charge is -2.20. The summed E-state index contributed by atoms with van der Waals surface area (Å²) in [5.74, 6) is 0.467. The summed E-state index contributed by atoms with van der Waals surface area (Å²) in [4.78, 5) is 8.54. The van der Waals surface area contributed by atoms with Crippen LogP contribution in [0.25, 0.3) is 0 Å². The third-order valence-corrected chi connectivity index (χ3v) is 3.69. The molecule has 1 atom stereocenters. The number of aromatic nitrogens is 2. The lowest BCUT2D eigenvalue weighted by atomic mass is 10.0. The second-order valence-electron chi connectivity index (χ2n) is 4.08. The summed E-state index contributed by atoms with van der Waals surface area (Å²) in [5, 5.41) is 4.35. The Morgan fingerprint density at radius 2 is 2.00 bits per heavy atom. The van der Waals surface area contributed by atoms with E-state index < -0.39 is 0 Å². The van der Waals surface area contributed by atoms with Crippen LogP contribution in [0.15, 0.2) is 30.6 Å². The number of nitrogens with one attached hydrogen (secondary N) is 1. The molecule has 0 saturated heterocycles. The highest BCUT2D eigenvalue weighted by molar-refractivity contribution is 6.42. The van der Waals surface area contributed by atoms with Crippen LogP contribution < -0.4 is 10.1 Å².